The first-order valence-electron chi connectivity index (χ1n) is 6.91. The van der Waals surface area contributed by atoms with Crippen molar-refractivity contribution in [1.29, 1.82) is 0 Å². The van der Waals surface area contributed by atoms with Crippen LogP contribution >= 0.6 is 0 Å². The number of nitrogens with two attached hydrogens (primary N) is 2. The molecular weight excluding hydrogens is 270 g/mol. The van der Waals surface area contributed by atoms with E-state index in [1.54, 1.807) is 24.3 Å². The molecule has 1 rings (SSSR count). The molecule has 1 aromatic carbocycles. The number of carboxylic acids is 1. The van der Waals surface area contributed by atoms with Crippen LogP contribution in [0.3, 0.4) is 0 Å². The van der Waals surface area contributed by atoms with Gasteiger partial charge in [0.25, 0.3) is 0 Å². The minimum absolute atomic E-state index is 0.0146. The summed E-state index contributed by atoms with van der Waals surface area (Å²) in [6, 6.07) is 7.07. The largest absolute Gasteiger partial charge is 0.493 e. The molecule has 0 heterocycles. The first-order valence-corrected chi connectivity index (χ1v) is 6.91. The number of carbonyl (C=O) groups is 1. The monoisotopic (exact) mass is 293 g/mol. The Morgan fingerprint density at radius 3 is 2.43 bits per heavy atom. The second-order valence-electron chi connectivity index (χ2n) is 5.08. The highest BCUT2D eigenvalue weighted by Crippen LogP contribution is 2.16. The topological polar surface area (TPSA) is 111 Å². The molecule has 6 heteroatoms. The molecular formula is C15H23N3O3. The third-order valence-corrected chi connectivity index (χ3v) is 3.11. The number of hydrogen-bond donors (Lipinski definition) is 3. The zero-order chi connectivity index (χ0) is 15.8. The molecule has 0 spiro atoms. The Labute approximate surface area is 124 Å². The molecule has 5 N–H and O–H groups in total. The van der Waals surface area contributed by atoms with Gasteiger partial charge in [-0.2, -0.15) is 0 Å². The van der Waals surface area contributed by atoms with E-state index in [4.69, 9.17) is 21.3 Å². The van der Waals surface area contributed by atoms with Crippen molar-refractivity contribution in [2.45, 2.75) is 13.8 Å². The average Bonchev–Trinajstić information content (AvgIpc) is 2.44. The minimum Gasteiger partial charge on any atom is -0.493 e. The fourth-order valence-corrected chi connectivity index (χ4v) is 1.73. The number of ether oxygens (including phenoxy) is 1. The number of benzene rings is 1. The van der Waals surface area contributed by atoms with Gasteiger partial charge in [-0.3, -0.25) is 9.79 Å². The minimum atomic E-state index is -0.847. The van der Waals surface area contributed by atoms with E-state index in [1.807, 2.05) is 13.8 Å². The maximum Gasteiger partial charge on any atom is 0.310 e. The van der Waals surface area contributed by atoms with Crippen molar-refractivity contribution in [3.8, 4) is 5.75 Å². The highest BCUT2D eigenvalue weighted by Gasteiger charge is 2.22. The van der Waals surface area contributed by atoms with Gasteiger partial charge in [0.2, 0.25) is 0 Å². The predicted molar refractivity (Wildman–Crippen MR) is 82.5 cm³/mol. The van der Waals surface area contributed by atoms with Crippen LogP contribution in [0.1, 0.15) is 19.4 Å². The molecule has 0 amide bonds. The molecule has 0 saturated heterocycles. The number of rotatable bonds is 8. The van der Waals surface area contributed by atoms with E-state index in [0.717, 1.165) is 5.56 Å². The predicted octanol–water partition coefficient (Wildman–Crippen LogP) is 1.09. The second-order valence-corrected chi connectivity index (χ2v) is 5.08. The van der Waals surface area contributed by atoms with E-state index in [2.05, 4.69) is 4.99 Å². The van der Waals surface area contributed by atoms with Crippen LogP contribution in [0, 0.1) is 11.8 Å². The van der Waals surface area contributed by atoms with Gasteiger partial charge in [-0.15, -0.1) is 0 Å². The molecule has 0 saturated carbocycles. The summed E-state index contributed by atoms with van der Waals surface area (Å²) in [6.45, 7) is 4.80. The molecule has 6 nitrogen and oxygen atoms in total. The lowest BCUT2D eigenvalue weighted by atomic mass is 9.97. The number of aliphatic imine (C=N–C) groups is 1. The van der Waals surface area contributed by atoms with Gasteiger partial charge in [-0.25, -0.2) is 0 Å². The van der Waals surface area contributed by atoms with E-state index in [0.29, 0.717) is 24.7 Å². The smallest absolute Gasteiger partial charge is 0.310 e. The van der Waals surface area contributed by atoms with Gasteiger partial charge in [0.15, 0.2) is 0 Å². The van der Waals surface area contributed by atoms with Crippen LogP contribution in [-0.2, 0) is 4.79 Å². The Morgan fingerprint density at radius 2 is 1.95 bits per heavy atom. The van der Waals surface area contributed by atoms with Crippen molar-refractivity contribution in [2.75, 3.05) is 19.7 Å². The lowest BCUT2D eigenvalue weighted by Crippen LogP contribution is -2.26. The summed E-state index contributed by atoms with van der Waals surface area (Å²) in [6.07, 6.45) is 0. The molecule has 0 bridgehead atoms. The van der Waals surface area contributed by atoms with Gasteiger partial charge in [0, 0.05) is 12.1 Å². The molecule has 0 aliphatic carbocycles. The summed E-state index contributed by atoms with van der Waals surface area (Å²) in [7, 11) is 0. The highest BCUT2D eigenvalue weighted by molar-refractivity contribution is 5.97. The second kappa shape index (κ2) is 8.26. The average molecular weight is 293 g/mol. The molecule has 0 aliphatic rings. The SMILES string of the molecule is CC(C)[C@H](COc1ccc(C(N)=NCCN)cc1)C(=O)O. The molecule has 0 aliphatic heterocycles. The van der Waals surface area contributed by atoms with Crippen molar-refractivity contribution in [3.05, 3.63) is 29.8 Å². The Bertz CT molecular complexity index is 483. The van der Waals surface area contributed by atoms with Gasteiger partial charge >= 0.3 is 5.97 Å². The molecule has 1 aromatic rings. The van der Waals surface area contributed by atoms with Crippen molar-refractivity contribution in [3.63, 3.8) is 0 Å². The van der Waals surface area contributed by atoms with Crippen molar-refractivity contribution in [1.82, 2.24) is 0 Å². The third-order valence-electron chi connectivity index (χ3n) is 3.11. The normalized spacial score (nSPS) is 13.2. The maximum absolute atomic E-state index is 11.1. The number of amidine groups is 1. The van der Waals surface area contributed by atoms with Crippen molar-refractivity contribution < 1.29 is 14.6 Å². The van der Waals surface area contributed by atoms with Crippen LogP contribution < -0.4 is 16.2 Å². The lowest BCUT2D eigenvalue weighted by Gasteiger charge is -2.17. The van der Waals surface area contributed by atoms with Crippen molar-refractivity contribution in [2.24, 2.45) is 28.3 Å². The third kappa shape index (κ3) is 5.43. The summed E-state index contributed by atoms with van der Waals surface area (Å²) in [5, 5.41) is 9.10. The maximum atomic E-state index is 11.1. The molecule has 0 fully saturated rings. The number of nitrogens with zero attached hydrogens (tertiary/aromatic N) is 1. The van der Waals surface area contributed by atoms with Crippen LogP contribution in [0.5, 0.6) is 5.75 Å². The summed E-state index contributed by atoms with van der Waals surface area (Å²) >= 11 is 0. The van der Waals surface area contributed by atoms with E-state index in [-0.39, 0.29) is 12.5 Å². The van der Waals surface area contributed by atoms with Gasteiger partial charge in [0.05, 0.1) is 12.5 Å². The Hall–Kier alpha value is -2.08. The molecule has 0 radical (unpaired) electrons. The van der Waals surface area contributed by atoms with Gasteiger partial charge in [-0.1, -0.05) is 13.8 Å². The molecule has 21 heavy (non-hydrogen) atoms. The standard InChI is InChI=1S/C15H23N3O3/c1-10(2)13(15(19)20)9-21-12-5-3-11(4-6-12)14(17)18-8-7-16/h3-6,10,13H,7-9,16H2,1-2H3,(H2,17,18)(H,19,20)/t13-/m0/s1. The summed E-state index contributed by atoms with van der Waals surface area (Å²) in [5.41, 5.74) is 12.0. The molecule has 1 atom stereocenters. The Morgan fingerprint density at radius 1 is 1.33 bits per heavy atom. The van der Waals surface area contributed by atoms with Crippen LogP contribution in [0.4, 0.5) is 0 Å². The van der Waals surface area contributed by atoms with Crippen LogP contribution in [0.25, 0.3) is 0 Å². The Kier molecular flexibility index (Phi) is 6.68. The van der Waals surface area contributed by atoms with Crippen LogP contribution in [0.2, 0.25) is 0 Å². The lowest BCUT2D eigenvalue weighted by molar-refractivity contribution is -0.144. The van der Waals surface area contributed by atoms with E-state index in [9.17, 15) is 4.79 Å². The zero-order valence-corrected chi connectivity index (χ0v) is 12.5. The van der Waals surface area contributed by atoms with Gasteiger partial charge in [-0.05, 0) is 30.2 Å². The fraction of sp³-hybridized carbons (Fsp3) is 0.467. The fourth-order valence-electron chi connectivity index (χ4n) is 1.73. The summed E-state index contributed by atoms with van der Waals surface area (Å²) in [5.74, 6) is -0.323. The first kappa shape index (κ1) is 17.0. The number of carboxylic acid groups (broad SMARTS) is 1. The van der Waals surface area contributed by atoms with Gasteiger partial charge in [0.1, 0.15) is 18.2 Å². The molecule has 116 valence electrons. The highest BCUT2D eigenvalue weighted by atomic mass is 16.5. The molecule has 0 unspecified atom stereocenters. The molecule has 0 aromatic heterocycles. The van der Waals surface area contributed by atoms with Crippen molar-refractivity contribution >= 4 is 11.8 Å². The van der Waals surface area contributed by atoms with E-state index < -0.39 is 11.9 Å². The quantitative estimate of drug-likeness (QED) is 0.490. The van der Waals surface area contributed by atoms with E-state index in [1.165, 1.54) is 0 Å². The first-order chi connectivity index (χ1) is 9.95. The number of hydrogen-bond acceptors (Lipinski definition) is 4. The zero-order valence-electron chi connectivity index (χ0n) is 12.5. The van der Waals surface area contributed by atoms with Crippen LogP contribution in [-0.4, -0.2) is 36.6 Å². The summed E-state index contributed by atoms with van der Waals surface area (Å²) in [4.78, 5) is 15.2. The summed E-state index contributed by atoms with van der Waals surface area (Å²) < 4.78 is 5.53. The van der Waals surface area contributed by atoms with Gasteiger partial charge < -0.3 is 21.3 Å². The van der Waals surface area contributed by atoms with Crippen LogP contribution in [0.15, 0.2) is 29.3 Å². The van der Waals surface area contributed by atoms with E-state index >= 15 is 0 Å². The number of aliphatic carboxylic acids is 1. The Balaban J connectivity index is 2.64.